The van der Waals surface area contributed by atoms with Gasteiger partial charge in [-0.3, -0.25) is 34.3 Å². The molecule has 3 aliphatic rings. The highest BCUT2D eigenvalue weighted by molar-refractivity contribution is 6.36. The number of esters is 1. The van der Waals surface area contributed by atoms with Gasteiger partial charge in [0.2, 0.25) is 17.7 Å². The molecule has 4 amide bonds. The minimum atomic E-state index is -1.11. The zero-order valence-electron chi connectivity index (χ0n) is 36.4. The van der Waals surface area contributed by atoms with E-state index in [0.29, 0.717) is 49.7 Å². The number of amides is 4. The summed E-state index contributed by atoms with van der Waals surface area (Å²) in [4.78, 5) is 92.9. The van der Waals surface area contributed by atoms with Crippen LogP contribution in [-0.4, -0.2) is 110 Å². The smallest absolute Gasteiger partial charge is 0.414 e. The molecule has 4 N–H and O–H groups in total. The zero-order chi connectivity index (χ0) is 46.2. The number of carbonyl (C=O) groups excluding carboxylic acids is 7. The van der Waals surface area contributed by atoms with Gasteiger partial charge in [-0.1, -0.05) is 72.8 Å². The number of hydrogen-bond acceptors (Lipinski definition) is 12. The maximum absolute atomic E-state index is 15.3. The Morgan fingerprint density at radius 3 is 2.14 bits per heavy atom. The molecular formula is C48H52FN7O9. The van der Waals surface area contributed by atoms with Crippen molar-refractivity contribution in [3.05, 3.63) is 119 Å². The minimum absolute atomic E-state index is 0.00641. The Hall–Kier alpha value is -6.98. The first-order chi connectivity index (χ1) is 31.3. The van der Waals surface area contributed by atoms with E-state index < -0.39 is 47.8 Å². The van der Waals surface area contributed by atoms with Crippen molar-refractivity contribution in [3.63, 3.8) is 0 Å². The summed E-state index contributed by atoms with van der Waals surface area (Å²) in [5.74, 6) is -3.71. The van der Waals surface area contributed by atoms with Gasteiger partial charge < -0.3 is 29.9 Å². The first-order valence-corrected chi connectivity index (χ1v) is 21.6. The fourth-order valence-corrected chi connectivity index (χ4v) is 8.17. The van der Waals surface area contributed by atoms with Crippen LogP contribution in [0.5, 0.6) is 0 Å². The Morgan fingerprint density at radius 1 is 0.831 bits per heavy atom. The molecule has 65 heavy (non-hydrogen) atoms. The summed E-state index contributed by atoms with van der Waals surface area (Å²) in [5, 5.41) is 5.17. The number of ether oxygens (including phenoxy) is 2. The van der Waals surface area contributed by atoms with Gasteiger partial charge in [-0.2, -0.15) is 0 Å². The monoisotopic (exact) mass is 889 g/mol. The van der Waals surface area contributed by atoms with Gasteiger partial charge in [0.15, 0.2) is 5.78 Å². The molecule has 0 radical (unpaired) electrons. The van der Waals surface area contributed by atoms with Gasteiger partial charge in [0.05, 0.1) is 36.5 Å². The van der Waals surface area contributed by atoms with E-state index in [1.54, 1.807) is 48.2 Å². The Bertz CT molecular complexity index is 2410. The van der Waals surface area contributed by atoms with E-state index in [1.165, 1.54) is 24.8 Å². The number of nitrogens with zero attached hydrogens (tertiary/aromatic N) is 3. The van der Waals surface area contributed by atoms with E-state index in [1.807, 2.05) is 53.4 Å². The number of cyclic esters (lactones) is 1. The summed E-state index contributed by atoms with van der Waals surface area (Å²) >= 11 is 0. The number of piperazine rings is 1. The highest BCUT2D eigenvalue weighted by Crippen LogP contribution is 2.44. The molecule has 0 aromatic heterocycles. The highest BCUT2D eigenvalue weighted by Gasteiger charge is 2.34. The van der Waals surface area contributed by atoms with E-state index >= 15 is 4.39 Å². The van der Waals surface area contributed by atoms with Crippen LogP contribution in [0.15, 0.2) is 91.0 Å². The minimum Gasteiger partial charge on any atom is -0.459 e. The predicted molar refractivity (Wildman–Crippen MR) is 238 cm³/mol. The largest absolute Gasteiger partial charge is 0.459 e. The van der Waals surface area contributed by atoms with Crippen molar-refractivity contribution < 1.29 is 47.4 Å². The number of hydrogen-bond donors (Lipinski definition) is 4. The van der Waals surface area contributed by atoms with Crippen molar-refractivity contribution in [2.24, 2.45) is 0 Å². The highest BCUT2D eigenvalue weighted by atomic mass is 19.1. The number of hydrazine groups is 1. The third-order valence-electron chi connectivity index (χ3n) is 11.8. The Balaban J connectivity index is 0.781. The van der Waals surface area contributed by atoms with Crippen LogP contribution in [0.1, 0.15) is 66.6 Å². The predicted octanol–water partition coefficient (Wildman–Crippen LogP) is 4.01. The molecule has 3 atom stereocenters. The van der Waals surface area contributed by atoms with Crippen LogP contribution >= 0.6 is 0 Å². The number of halogens is 1. The van der Waals surface area contributed by atoms with Crippen LogP contribution in [0.25, 0.3) is 11.1 Å². The number of ketones is 2. The molecule has 4 aromatic rings. The third kappa shape index (κ3) is 11.0. The lowest BCUT2D eigenvalue weighted by atomic mass is 9.98. The summed E-state index contributed by atoms with van der Waals surface area (Å²) < 4.78 is 26.0. The van der Waals surface area contributed by atoms with Crippen molar-refractivity contribution >= 4 is 52.7 Å². The van der Waals surface area contributed by atoms with E-state index in [9.17, 15) is 33.6 Å². The molecule has 17 heteroatoms. The molecule has 0 bridgehead atoms. The molecule has 0 spiro atoms. The van der Waals surface area contributed by atoms with Crippen LogP contribution in [0.4, 0.5) is 20.6 Å². The van der Waals surface area contributed by atoms with Gasteiger partial charge in [-0.25, -0.2) is 19.4 Å². The number of rotatable bonds is 18. The van der Waals surface area contributed by atoms with Gasteiger partial charge in [0.1, 0.15) is 18.5 Å². The fraction of sp³-hybridized carbons (Fsp3) is 0.354. The van der Waals surface area contributed by atoms with E-state index in [2.05, 4.69) is 21.5 Å². The molecular weight excluding hydrogens is 838 g/mol. The second-order valence-electron chi connectivity index (χ2n) is 16.3. The molecule has 0 unspecified atom stereocenters. The quantitative estimate of drug-likeness (QED) is 0.0486. The maximum Gasteiger partial charge on any atom is 0.414 e. The number of anilines is 2. The van der Waals surface area contributed by atoms with Gasteiger partial charge in [-0.05, 0) is 59.9 Å². The number of carbonyl (C=O) groups is 7. The molecule has 2 heterocycles. The lowest BCUT2D eigenvalue weighted by Crippen LogP contribution is -2.52. The summed E-state index contributed by atoms with van der Waals surface area (Å²) in [5.41, 5.74) is 12.0. The fourth-order valence-electron chi connectivity index (χ4n) is 8.17. The molecule has 7 rings (SSSR count). The number of Topliss-reactive ketones (excluding diaryl/α,β-unsaturated/α-hetero) is 2. The maximum atomic E-state index is 15.3. The van der Waals surface area contributed by atoms with E-state index in [0.717, 1.165) is 27.8 Å². The second-order valence-corrected chi connectivity index (χ2v) is 16.3. The first-order valence-electron chi connectivity index (χ1n) is 21.6. The molecule has 4 aromatic carbocycles. The number of benzene rings is 4. The molecule has 1 aliphatic carbocycles. The average Bonchev–Trinajstić information content (AvgIpc) is 3.85. The summed E-state index contributed by atoms with van der Waals surface area (Å²) in [6, 6.07) is 25.3. The van der Waals surface area contributed by atoms with Gasteiger partial charge >= 0.3 is 12.1 Å². The standard InChI is InChI=1S/C48H52FN7O9/c1-29(45(60)47(62)64-28-40-38-10-6-4-8-36(38)37-9-5-7-11-39(37)40)52-46(61)30(2)53-51-25-32-12-14-33(15-13-32)43(58)18-19-44(59)55-22-20-54(21-23-55)42-17-16-34(24-41(42)49)56-27-35(65-48(56)63)26-50-31(3)57/h4-17,24,29-30,35,40,51,53H,18-23,25-28H2,1-3H3,(H,50,57)(H,52,61)/t29-,30-,35-/m0/s1. The summed E-state index contributed by atoms with van der Waals surface area (Å²) in [7, 11) is 0. The average molecular weight is 890 g/mol. The Labute approximate surface area is 375 Å². The Kier molecular flexibility index (Phi) is 14.6. The van der Waals surface area contributed by atoms with E-state index in [4.69, 9.17) is 9.47 Å². The normalized spacial score (nSPS) is 16.5. The molecule has 2 saturated heterocycles. The van der Waals surface area contributed by atoms with Crippen molar-refractivity contribution in [2.45, 2.75) is 64.3 Å². The van der Waals surface area contributed by atoms with Crippen LogP contribution in [0.2, 0.25) is 0 Å². The van der Waals surface area contributed by atoms with Gasteiger partial charge in [-0.15, -0.1) is 0 Å². The van der Waals surface area contributed by atoms with Crippen molar-refractivity contribution in [1.29, 1.82) is 0 Å². The van der Waals surface area contributed by atoms with Crippen molar-refractivity contribution in [1.82, 2.24) is 26.4 Å². The molecule has 0 saturated carbocycles. The van der Waals surface area contributed by atoms with Crippen molar-refractivity contribution in [2.75, 3.05) is 55.7 Å². The van der Waals surface area contributed by atoms with Crippen LogP contribution in [0, 0.1) is 5.82 Å². The molecule has 16 nitrogen and oxygen atoms in total. The SMILES string of the molecule is CC(=O)NC[C@H]1CN(c2ccc(N3CCN(C(=O)CCC(=O)c4ccc(CNN[C@@H](C)C(=O)N[C@@H](C)C(=O)C(=O)OCC5c6ccccc6-c6ccccc65)cc4)CC3)c(F)c2)C(=O)O1. The van der Waals surface area contributed by atoms with Gasteiger partial charge in [0.25, 0.3) is 5.78 Å². The molecule has 2 fully saturated rings. The topological polar surface area (TPSA) is 196 Å². The summed E-state index contributed by atoms with van der Waals surface area (Å²) in [6.07, 6.45) is -1.11. The third-order valence-corrected chi connectivity index (χ3v) is 11.8. The zero-order valence-corrected chi connectivity index (χ0v) is 36.4. The lowest BCUT2D eigenvalue weighted by Gasteiger charge is -2.36. The van der Waals surface area contributed by atoms with Crippen LogP contribution in [-0.2, 0) is 40.0 Å². The van der Waals surface area contributed by atoms with Crippen LogP contribution < -0.4 is 31.3 Å². The van der Waals surface area contributed by atoms with Crippen molar-refractivity contribution in [3.8, 4) is 11.1 Å². The number of fused-ring (bicyclic) bond motifs is 3. The van der Waals surface area contributed by atoms with E-state index in [-0.39, 0.29) is 56.1 Å². The first kappa shape index (κ1) is 46.0. The Morgan fingerprint density at radius 2 is 1.49 bits per heavy atom. The number of nitrogens with one attached hydrogen (secondary N) is 4. The van der Waals surface area contributed by atoms with Crippen LogP contribution in [0.3, 0.4) is 0 Å². The van der Waals surface area contributed by atoms with Gasteiger partial charge in [0, 0.05) is 64.0 Å². The molecule has 2 aliphatic heterocycles. The second kappa shape index (κ2) is 20.7. The summed E-state index contributed by atoms with van der Waals surface area (Å²) in [6.45, 7) is 6.50. The molecule has 340 valence electrons. The lowest BCUT2D eigenvalue weighted by molar-refractivity contribution is -0.155.